The van der Waals surface area contributed by atoms with E-state index in [1.807, 2.05) is 37.4 Å². The summed E-state index contributed by atoms with van der Waals surface area (Å²) in [6.07, 6.45) is 1.46. The summed E-state index contributed by atoms with van der Waals surface area (Å²) in [5, 5.41) is 0.264. The van der Waals surface area contributed by atoms with Crippen LogP contribution in [0.4, 0.5) is 11.4 Å². The second-order valence-corrected chi connectivity index (χ2v) is 19.2. The molecule has 3 aromatic rings. The van der Waals surface area contributed by atoms with Crippen molar-refractivity contribution >= 4 is 31.6 Å². The van der Waals surface area contributed by atoms with Gasteiger partial charge in [0.15, 0.2) is 17.0 Å². The molecule has 4 atom stereocenters. The van der Waals surface area contributed by atoms with E-state index in [1.54, 1.807) is 12.1 Å². The monoisotopic (exact) mass is 665 g/mol. The van der Waals surface area contributed by atoms with Crippen LogP contribution in [-0.4, -0.2) is 57.7 Å². The van der Waals surface area contributed by atoms with Crippen LogP contribution in [0.15, 0.2) is 59.6 Å². The Hall–Kier alpha value is -3.32. The Morgan fingerprint density at radius 2 is 1.74 bits per heavy atom. The Morgan fingerprint density at radius 3 is 2.43 bits per heavy atom. The lowest BCUT2D eigenvalue weighted by Crippen LogP contribution is -2.53. The molecule has 0 saturated carbocycles. The van der Waals surface area contributed by atoms with Gasteiger partial charge in [-0.2, -0.15) is 21.6 Å². The average Bonchev–Trinajstić information content (AvgIpc) is 3.47. The first-order valence-corrected chi connectivity index (χ1v) is 18.7. The maximum absolute atomic E-state index is 13.8. The van der Waals surface area contributed by atoms with E-state index in [0.29, 0.717) is 29.2 Å². The zero-order valence-corrected chi connectivity index (χ0v) is 29.3. The molecule has 4 unspecified atom stereocenters. The van der Waals surface area contributed by atoms with Gasteiger partial charge in [0.1, 0.15) is 25.1 Å². The van der Waals surface area contributed by atoms with Crippen LogP contribution in [0.25, 0.3) is 0 Å². The molecule has 0 radical (unpaired) electrons. The minimum absolute atomic E-state index is 0.00739. The lowest BCUT2D eigenvalue weighted by Gasteiger charge is -2.45. The zero-order valence-electron chi connectivity index (χ0n) is 27.7. The highest BCUT2D eigenvalue weighted by Crippen LogP contribution is 2.54. The fourth-order valence-electron chi connectivity index (χ4n) is 7.79. The van der Waals surface area contributed by atoms with Crippen molar-refractivity contribution in [1.82, 2.24) is 9.30 Å². The number of anilines is 1. The third-order valence-electron chi connectivity index (χ3n) is 11.0. The van der Waals surface area contributed by atoms with E-state index >= 15 is 0 Å². The number of likely N-dealkylation sites (N-methyl/N-ethyl adjacent to an activating group) is 1. The number of benzene rings is 3. The van der Waals surface area contributed by atoms with Crippen LogP contribution in [0.3, 0.4) is 0 Å². The molecular weight excluding hydrogens is 623 g/mol. The fourth-order valence-corrected chi connectivity index (χ4v) is 12.7. The number of quaternary nitrogens is 1. The first-order valence-electron chi connectivity index (χ1n) is 15.8. The van der Waals surface area contributed by atoms with Crippen molar-refractivity contribution in [3.63, 3.8) is 0 Å². The van der Waals surface area contributed by atoms with Gasteiger partial charge in [0.2, 0.25) is 5.36 Å². The number of hydrogen-bond acceptors (Lipinski definition) is 7. The molecule has 10 nitrogen and oxygen atoms in total. The van der Waals surface area contributed by atoms with E-state index in [1.165, 1.54) is 12.6 Å². The number of nitrogens with one attached hydrogen (secondary N) is 1. The molecule has 4 heterocycles. The van der Waals surface area contributed by atoms with Crippen LogP contribution in [-0.2, 0) is 26.8 Å². The predicted molar refractivity (Wildman–Crippen MR) is 179 cm³/mol. The van der Waals surface area contributed by atoms with Gasteiger partial charge in [-0.1, -0.05) is 40.5 Å². The number of sulfonamides is 1. The quantitative estimate of drug-likeness (QED) is 0.196. The highest BCUT2D eigenvalue weighted by Gasteiger charge is 2.82. The van der Waals surface area contributed by atoms with Gasteiger partial charge in [-0.05, 0) is 63.3 Å². The van der Waals surface area contributed by atoms with Gasteiger partial charge < -0.3 is 9.64 Å². The third-order valence-corrected chi connectivity index (χ3v) is 16.4. The molecule has 12 heteroatoms. The van der Waals surface area contributed by atoms with Gasteiger partial charge in [0, 0.05) is 42.9 Å². The highest BCUT2D eigenvalue weighted by molar-refractivity contribution is 8.02. The van der Waals surface area contributed by atoms with Gasteiger partial charge in [-0.25, -0.2) is 9.57 Å². The molecule has 46 heavy (non-hydrogen) atoms. The van der Waals surface area contributed by atoms with Crippen molar-refractivity contribution in [2.45, 2.75) is 82.3 Å². The van der Waals surface area contributed by atoms with Crippen LogP contribution in [0.1, 0.15) is 76.0 Å². The number of rotatable bonds is 5. The SMILES string of the molecule is CC1CC(C)(C)N(C)c2cc3c(cc21)N=c1cc2c(cc1O3)=[N+](C)C(C)(C)CC2C1[N+](C)(S(=O)(=O)NCc2ccccc2)S1(=O)=O. The number of nitrogens with zero attached hydrogens (tertiary/aromatic N) is 4. The molecule has 1 N–H and O–H groups in total. The summed E-state index contributed by atoms with van der Waals surface area (Å²) in [6, 6.07) is 17.1. The molecule has 3 aromatic carbocycles. The molecule has 4 aliphatic rings. The van der Waals surface area contributed by atoms with Crippen molar-refractivity contribution in [1.29, 1.82) is 0 Å². The summed E-state index contributed by atoms with van der Waals surface area (Å²) in [5.74, 6) is 1.04. The molecule has 1 fully saturated rings. The molecule has 7 rings (SSSR count). The average molecular weight is 666 g/mol. The summed E-state index contributed by atoms with van der Waals surface area (Å²) >= 11 is 0. The summed E-state index contributed by atoms with van der Waals surface area (Å²) in [4.78, 5) is 7.34. The lowest BCUT2D eigenvalue weighted by atomic mass is 9.80. The zero-order chi connectivity index (χ0) is 33.2. The minimum atomic E-state index is -4.29. The van der Waals surface area contributed by atoms with Crippen molar-refractivity contribution in [3.8, 4) is 11.5 Å². The van der Waals surface area contributed by atoms with Crippen LogP contribution in [0.2, 0.25) is 0 Å². The molecule has 1 saturated heterocycles. The molecule has 0 spiro atoms. The van der Waals surface area contributed by atoms with Gasteiger partial charge in [0.05, 0.1) is 12.0 Å². The summed E-state index contributed by atoms with van der Waals surface area (Å²) in [7, 11) is -2.97. The molecule has 0 bridgehead atoms. The normalized spacial score (nSPS) is 28.1. The minimum Gasteiger partial charge on any atom is -0.452 e. The van der Waals surface area contributed by atoms with Gasteiger partial charge in [0.25, 0.3) is 5.37 Å². The van der Waals surface area contributed by atoms with Crippen molar-refractivity contribution < 1.29 is 24.9 Å². The van der Waals surface area contributed by atoms with Crippen molar-refractivity contribution in [2.75, 3.05) is 26.0 Å². The van der Waals surface area contributed by atoms with E-state index in [-0.39, 0.29) is 12.1 Å². The van der Waals surface area contributed by atoms with E-state index in [0.717, 1.165) is 34.3 Å². The Balaban J connectivity index is 1.32. The second kappa shape index (κ2) is 9.85. The van der Waals surface area contributed by atoms with Crippen molar-refractivity contribution in [2.24, 2.45) is 4.99 Å². The number of ether oxygens (including phenoxy) is 1. The van der Waals surface area contributed by atoms with E-state index in [4.69, 9.17) is 9.73 Å². The van der Waals surface area contributed by atoms with E-state index < -0.39 is 40.4 Å². The lowest BCUT2D eigenvalue weighted by molar-refractivity contribution is -0.590. The standard InChI is InChI=1S/C34H43N5O5S2/c1-21-18-33(2,3)37(6)28-16-30-26(14-23(21)28)36-27-15-24-25(19-34(4,5)38(7)29(24)17-31(27)44-30)32-39(8,45(32,40)41)46(42,43)35-20-22-12-10-9-11-13-22/h9-17,21,25,32,35H,18-20H2,1-8H3/q+2. The Labute approximate surface area is 271 Å². The molecule has 0 aliphatic carbocycles. The topological polar surface area (TPSA) is 108 Å². The number of hydrogen-bond donors (Lipinski definition) is 1. The largest absolute Gasteiger partial charge is 0.452 e. The maximum atomic E-state index is 13.8. The van der Waals surface area contributed by atoms with E-state index in [2.05, 4.69) is 68.0 Å². The first-order chi connectivity index (χ1) is 21.4. The molecule has 4 aliphatic heterocycles. The Morgan fingerprint density at radius 1 is 1.04 bits per heavy atom. The maximum Gasteiger partial charge on any atom is 0.386 e. The summed E-state index contributed by atoms with van der Waals surface area (Å²) < 4.78 is 65.1. The smallest absolute Gasteiger partial charge is 0.386 e. The molecular formula is C34H43N5O5S2+2. The summed E-state index contributed by atoms with van der Waals surface area (Å²) in [6.45, 7) is 10.9. The van der Waals surface area contributed by atoms with Crippen molar-refractivity contribution in [3.05, 3.63) is 82.0 Å². The molecule has 0 amide bonds. The first kappa shape index (κ1) is 31.3. The Bertz CT molecular complexity index is 2150. The fraction of sp³-hybridized carbons (Fsp3) is 0.471. The van der Waals surface area contributed by atoms with Crippen LogP contribution < -0.4 is 29.6 Å². The van der Waals surface area contributed by atoms with Gasteiger partial charge in [-0.3, -0.25) is 0 Å². The van der Waals surface area contributed by atoms with Gasteiger partial charge >= 0.3 is 20.2 Å². The summed E-state index contributed by atoms with van der Waals surface area (Å²) in [5.41, 5.74) is 4.15. The highest BCUT2D eigenvalue weighted by atomic mass is 32.3. The molecule has 0 aromatic heterocycles. The predicted octanol–water partition coefficient (Wildman–Crippen LogP) is 4.00. The second-order valence-electron chi connectivity index (χ2n) is 14.7. The van der Waals surface area contributed by atoms with Crippen LogP contribution in [0, 0.1) is 0 Å². The third kappa shape index (κ3) is 4.40. The Kier molecular flexibility index (Phi) is 6.70. The van der Waals surface area contributed by atoms with E-state index in [9.17, 15) is 16.8 Å². The van der Waals surface area contributed by atoms with Gasteiger partial charge in [-0.15, -0.1) is 0 Å². The molecule has 244 valence electrons. The van der Waals surface area contributed by atoms with Crippen LogP contribution in [0.5, 0.6) is 11.5 Å². The van der Waals surface area contributed by atoms with Crippen LogP contribution >= 0.6 is 0 Å². The number of fused-ring (bicyclic) bond motifs is 4.